The molecule has 1 aliphatic rings. The first-order chi connectivity index (χ1) is 13.2. The van der Waals surface area contributed by atoms with E-state index in [2.05, 4.69) is 32.1 Å². The van der Waals surface area contributed by atoms with E-state index in [-0.39, 0.29) is 24.0 Å². The number of nitrogens with zero attached hydrogens (tertiary/aromatic N) is 4. The minimum atomic E-state index is 0. The molecule has 8 heteroatoms. The van der Waals surface area contributed by atoms with E-state index < -0.39 is 0 Å². The van der Waals surface area contributed by atoms with Crippen LogP contribution < -0.4 is 10.6 Å². The van der Waals surface area contributed by atoms with Crippen molar-refractivity contribution in [1.29, 1.82) is 0 Å². The molecule has 0 aromatic carbocycles. The molecule has 160 valence electrons. The number of unbranched alkanes of at least 4 members (excludes halogenated alkanes) is 1. The van der Waals surface area contributed by atoms with Crippen molar-refractivity contribution in [3.63, 3.8) is 0 Å². The predicted octanol–water partition coefficient (Wildman–Crippen LogP) is 2.94. The molecule has 1 aromatic heterocycles. The van der Waals surface area contributed by atoms with Gasteiger partial charge in [-0.2, -0.15) is 0 Å². The van der Waals surface area contributed by atoms with Gasteiger partial charge in [0.15, 0.2) is 5.96 Å². The van der Waals surface area contributed by atoms with Crippen LogP contribution in [0, 0.1) is 6.92 Å². The molecule has 0 saturated carbocycles. The van der Waals surface area contributed by atoms with Crippen LogP contribution in [0.15, 0.2) is 17.4 Å². The Morgan fingerprint density at radius 2 is 2.04 bits per heavy atom. The first-order valence-electron chi connectivity index (χ1n) is 10.5. The third-order valence-corrected chi connectivity index (χ3v) is 4.91. The SMILES string of the molecule is CCNC(=NCCCN1CCCCCC1=O)NCCCCn1ccnc1C.I. The van der Waals surface area contributed by atoms with Gasteiger partial charge in [-0.1, -0.05) is 6.42 Å². The highest BCUT2D eigenvalue weighted by atomic mass is 127. The van der Waals surface area contributed by atoms with Gasteiger partial charge in [0.25, 0.3) is 0 Å². The molecule has 0 spiro atoms. The van der Waals surface area contributed by atoms with Crippen LogP contribution in [0.5, 0.6) is 0 Å². The second kappa shape index (κ2) is 14.6. The van der Waals surface area contributed by atoms with Crippen LogP contribution in [0.4, 0.5) is 0 Å². The fourth-order valence-electron chi connectivity index (χ4n) is 3.32. The summed E-state index contributed by atoms with van der Waals surface area (Å²) >= 11 is 0. The summed E-state index contributed by atoms with van der Waals surface area (Å²) in [7, 11) is 0. The minimum Gasteiger partial charge on any atom is -0.357 e. The number of amides is 1. The number of carbonyl (C=O) groups excluding carboxylic acids is 1. The van der Waals surface area contributed by atoms with E-state index in [1.807, 2.05) is 24.2 Å². The van der Waals surface area contributed by atoms with Gasteiger partial charge >= 0.3 is 0 Å². The van der Waals surface area contributed by atoms with Gasteiger partial charge < -0.3 is 20.1 Å². The summed E-state index contributed by atoms with van der Waals surface area (Å²) < 4.78 is 2.18. The number of rotatable bonds is 10. The Hall–Kier alpha value is -1.32. The monoisotopic (exact) mass is 504 g/mol. The Kier molecular flexibility index (Phi) is 12.9. The van der Waals surface area contributed by atoms with Gasteiger partial charge in [0.2, 0.25) is 5.91 Å². The topological polar surface area (TPSA) is 74.6 Å². The standard InChI is InChI=1S/C20H36N6O.HI/c1-3-21-20(23-11-6-8-14-25-17-13-22-18(25)2)24-12-9-16-26-15-7-4-5-10-19(26)27;/h13,17H,3-12,14-16H2,1-2H3,(H2,21,23,24);1H. The van der Waals surface area contributed by atoms with Gasteiger partial charge in [0.1, 0.15) is 5.82 Å². The molecule has 1 fully saturated rings. The number of aryl methyl sites for hydroxylation is 2. The predicted molar refractivity (Wildman–Crippen MR) is 125 cm³/mol. The molecule has 0 aliphatic carbocycles. The molecule has 28 heavy (non-hydrogen) atoms. The summed E-state index contributed by atoms with van der Waals surface area (Å²) in [5, 5.41) is 6.70. The van der Waals surface area contributed by atoms with Crippen LogP contribution in [0.2, 0.25) is 0 Å². The van der Waals surface area contributed by atoms with Crippen molar-refractivity contribution in [2.45, 2.75) is 65.3 Å². The van der Waals surface area contributed by atoms with E-state index in [0.717, 1.165) is 83.2 Å². The van der Waals surface area contributed by atoms with Gasteiger partial charge in [-0.05, 0) is 46.0 Å². The van der Waals surface area contributed by atoms with Crippen molar-refractivity contribution < 1.29 is 4.79 Å². The van der Waals surface area contributed by atoms with Crippen molar-refractivity contribution >= 4 is 35.8 Å². The highest BCUT2D eigenvalue weighted by Gasteiger charge is 2.15. The molecule has 0 unspecified atom stereocenters. The molecule has 1 aliphatic heterocycles. The number of guanidine groups is 1. The van der Waals surface area contributed by atoms with Crippen molar-refractivity contribution in [2.75, 3.05) is 32.7 Å². The maximum atomic E-state index is 12.0. The third-order valence-electron chi connectivity index (χ3n) is 4.91. The van der Waals surface area contributed by atoms with Gasteiger partial charge in [0, 0.05) is 58.1 Å². The zero-order valence-corrected chi connectivity index (χ0v) is 19.8. The molecule has 2 heterocycles. The molecular weight excluding hydrogens is 467 g/mol. The number of halogens is 1. The number of hydrogen-bond donors (Lipinski definition) is 2. The van der Waals surface area contributed by atoms with Crippen molar-refractivity contribution in [3.8, 4) is 0 Å². The maximum Gasteiger partial charge on any atom is 0.222 e. The van der Waals surface area contributed by atoms with Crippen molar-refractivity contribution in [1.82, 2.24) is 25.1 Å². The number of carbonyl (C=O) groups is 1. The molecule has 1 amide bonds. The van der Waals surface area contributed by atoms with Gasteiger partial charge in [-0.3, -0.25) is 9.79 Å². The number of imidazole rings is 1. The van der Waals surface area contributed by atoms with Crippen molar-refractivity contribution in [2.24, 2.45) is 4.99 Å². The van der Waals surface area contributed by atoms with E-state index in [0.29, 0.717) is 12.3 Å². The normalized spacial score (nSPS) is 15.1. The molecule has 2 rings (SSSR count). The first-order valence-corrected chi connectivity index (χ1v) is 10.5. The van der Waals surface area contributed by atoms with E-state index in [9.17, 15) is 4.79 Å². The first kappa shape index (κ1) is 24.7. The Balaban J connectivity index is 0.00000392. The largest absolute Gasteiger partial charge is 0.357 e. The van der Waals surface area contributed by atoms with Crippen LogP contribution in [-0.4, -0.2) is 59.0 Å². The number of aromatic nitrogens is 2. The third kappa shape index (κ3) is 9.25. The second-order valence-electron chi connectivity index (χ2n) is 7.11. The Labute approximate surface area is 186 Å². The average molecular weight is 504 g/mol. The van der Waals surface area contributed by atoms with Crippen LogP contribution in [-0.2, 0) is 11.3 Å². The van der Waals surface area contributed by atoms with Crippen molar-refractivity contribution in [3.05, 3.63) is 18.2 Å². The maximum absolute atomic E-state index is 12.0. The highest BCUT2D eigenvalue weighted by Crippen LogP contribution is 2.11. The molecule has 0 bridgehead atoms. The molecule has 1 aromatic rings. The average Bonchev–Trinajstić information content (AvgIpc) is 2.95. The summed E-state index contributed by atoms with van der Waals surface area (Å²) in [5.41, 5.74) is 0. The lowest BCUT2D eigenvalue weighted by Crippen LogP contribution is -2.38. The molecular formula is C20H37IN6O. The Morgan fingerprint density at radius 1 is 1.18 bits per heavy atom. The molecule has 0 atom stereocenters. The highest BCUT2D eigenvalue weighted by molar-refractivity contribution is 14.0. The van der Waals surface area contributed by atoms with Crippen LogP contribution in [0.3, 0.4) is 0 Å². The zero-order chi connectivity index (χ0) is 19.3. The van der Waals surface area contributed by atoms with Gasteiger partial charge in [-0.15, -0.1) is 24.0 Å². The minimum absolute atomic E-state index is 0. The van der Waals surface area contributed by atoms with Gasteiger partial charge in [-0.25, -0.2) is 4.98 Å². The summed E-state index contributed by atoms with van der Waals surface area (Å²) in [6.07, 6.45) is 11.1. The number of likely N-dealkylation sites (tertiary alicyclic amines) is 1. The Morgan fingerprint density at radius 3 is 2.79 bits per heavy atom. The second-order valence-corrected chi connectivity index (χ2v) is 7.11. The lowest BCUT2D eigenvalue weighted by molar-refractivity contribution is -0.130. The number of nitrogens with one attached hydrogen (secondary N) is 2. The lowest BCUT2D eigenvalue weighted by Gasteiger charge is -2.20. The quantitative estimate of drug-likeness (QED) is 0.223. The summed E-state index contributed by atoms with van der Waals surface area (Å²) in [6, 6.07) is 0. The fourth-order valence-corrected chi connectivity index (χ4v) is 3.32. The van der Waals surface area contributed by atoms with E-state index in [1.54, 1.807) is 0 Å². The Bertz CT molecular complexity index is 589. The molecule has 2 N–H and O–H groups in total. The molecule has 7 nitrogen and oxygen atoms in total. The summed E-state index contributed by atoms with van der Waals surface area (Å²) in [6.45, 7) is 9.36. The van der Waals surface area contributed by atoms with Crippen LogP contribution in [0.25, 0.3) is 0 Å². The van der Waals surface area contributed by atoms with Crippen LogP contribution in [0.1, 0.15) is 57.7 Å². The fraction of sp³-hybridized carbons (Fsp3) is 0.750. The summed E-state index contributed by atoms with van der Waals surface area (Å²) in [4.78, 5) is 22.9. The summed E-state index contributed by atoms with van der Waals surface area (Å²) in [5.74, 6) is 2.26. The molecule has 1 saturated heterocycles. The smallest absolute Gasteiger partial charge is 0.222 e. The van der Waals surface area contributed by atoms with Crippen LogP contribution >= 0.6 is 24.0 Å². The zero-order valence-electron chi connectivity index (χ0n) is 17.5. The lowest BCUT2D eigenvalue weighted by atomic mass is 10.2. The van der Waals surface area contributed by atoms with E-state index in [4.69, 9.17) is 0 Å². The van der Waals surface area contributed by atoms with E-state index in [1.165, 1.54) is 6.42 Å². The molecule has 0 radical (unpaired) electrons. The van der Waals surface area contributed by atoms with E-state index >= 15 is 0 Å². The number of aliphatic imine (C=N–C) groups is 1. The van der Waals surface area contributed by atoms with Gasteiger partial charge in [0.05, 0.1) is 0 Å². The number of hydrogen-bond acceptors (Lipinski definition) is 3.